The lowest BCUT2D eigenvalue weighted by Gasteiger charge is -2.36. The predicted octanol–water partition coefficient (Wildman–Crippen LogP) is 4.78. The summed E-state index contributed by atoms with van der Waals surface area (Å²) < 4.78 is 33.0. The van der Waals surface area contributed by atoms with Gasteiger partial charge in [-0.15, -0.1) is 0 Å². The molecule has 1 atom stereocenters. The molecule has 1 unspecified atom stereocenters. The number of aryl methyl sites for hydroxylation is 1. The molecular formula is C28H29F2N5O3. The Morgan fingerprint density at radius 2 is 2.03 bits per heavy atom. The fourth-order valence-corrected chi connectivity index (χ4v) is 4.94. The number of hydrogen-bond acceptors (Lipinski definition) is 6. The van der Waals surface area contributed by atoms with Crippen LogP contribution in [0.15, 0.2) is 48.8 Å². The van der Waals surface area contributed by atoms with E-state index in [0.717, 1.165) is 35.4 Å². The first-order chi connectivity index (χ1) is 18.2. The van der Waals surface area contributed by atoms with Gasteiger partial charge in [0.2, 0.25) is 5.91 Å². The molecule has 1 saturated heterocycles. The monoisotopic (exact) mass is 521 g/mol. The first kappa shape index (κ1) is 25.7. The quantitative estimate of drug-likeness (QED) is 0.520. The van der Waals surface area contributed by atoms with Crippen molar-refractivity contribution in [2.45, 2.75) is 39.2 Å². The number of ether oxygens (including phenoxy) is 1. The van der Waals surface area contributed by atoms with Crippen molar-refractivity contribution in [3.63, 3.8) is 0 Å². The molecule has 0 aliphatic carbocycles. The molecule has 2 aromatic heterocycles. The van der Waals surface area contributed by atoms with E-state index in [1.165, 1.54) is 12.3 Å². The number of benzene rings is 1. The molecule has 2 aliphatic heterocycles. The number of anilines is 3. The molecule has 0 bridgehead atoms. The third kappa shape index (κ3) is 4.96. The molecule has 38 heavy (non-hydrogen) atoms. The lowest BCUT2D eigenvalue weighted by atomic mass is 10.00. The van der Waals surface area contributed by atoms with Gasteiger partial charge in [-0.1, -0.05) is 6.07 Å². The van der Waals surface area contributed by atoms with Gasteiger partial charge in [0.25, 0.3) is 11.8 Å². The van der Waals surface area contributed by atoms with Crippen molar-refractivity contribution in [3.05, 3.63) is 65.6 Å². The number of carbonyl (C=O) groups is 2. The van der Waals surface area contributed by atoms with Crippen molar-refractivity contribution in [1.29, 1.82) is 0 Å². The average molecular weight is 522 g/mol. The number of aromatic nitrogens is 2. The summed E-state index contributed by atoms with van der Waals surface area (Å²) in [5.41, 5.74) is 3.68. The zero-order chi connectivity index (χ0) is 27.0. The van der Waals surface area contributed by atoms with Crippen LogP contribution in [0.2, 0.25) is 0 Å². The highest BCUT2D eigenvalue weighted by molar-refractivity contribution is 6.04. The summed E-state index contributed by atoms with van der Waals surface area (Å²) in [7, 11) is 0. The third-order valence-corrected chi connectivity index (χ3v) is 6.95. The molecule has 0 spiro atoms. The Labute approximate surface area is 219 Å². The molecule has 10 heteroatoms. The van der Waals surface area contributed by atoms with E-state index in [-0.39, 0.29) is 17.5 Å². The van der Waals surface area contributed by atoms with E-state index in [9.17, 15) is 18.4 Å². The summed E-state index contributed by atoms with van der Waals surface area (Å²) in [5.74, 6) is -3.01. The molecule has 1 N–H and O–H groups in total. The van der Waals surface area contributed by atoms with Crippen molar-refractivity contribution in [2.24, 2.45) is 0 Å². The number of alkyl halides is 2. The molecular weight excluding hydrogens is 492 g/mol. The number of amides is 2. The fraction of sp³-hybridized carbons (Fsp3) is 0.357. The summed E-state index contributed by atoms with van der Waals surface area (Å²) in [5, 5.41) is 2.80. The van der Waals surface area contributed by atoms with Crippen molar-refractivity contribution in [2.75, 3.05) is 41.4 Å². The van der Waals surface area contributed by atoms with Gasteiger partial charge in [0, 0.05) is 55.6 Å². The smallest absolute Gasteiger partial charge is 0.286 e. The van der Waals surface area contributed by atoms with E-state index in [0.29, 0.717) is 44.2 Å². The largest absolute Gasteiger partial charge is 0.377 e. The molecule has 2 aliphatic rings. The van der Waals surface area contributed by atoms with Gasteiger partial charge in [0.15, 0.2) is 5.82 Å². The van der Waals surface area contributed by atoms with Gasteiger partial charge in [0.05, 0.1) is 24.9 Å². The van der Waals surface area contributed by atoms with Gasteiger partial charge in [-0.2, -0.15) is 8.78 Å². The van der Waals surface area contributed by atoms with Crippen LogP contribution in [-0.4, -0.2) is 54.1 Å². The van der Waals surface area contributed by atoms with Crippen LogP contribution in [0.25, 0.3) is 11.1 Å². The molecule has 1 fully saturated rings. The molecule has 8 nitrogen and oxygen atoms in total. The minimum atomic E-state index is -3.15. The van der Waals surface area contributed by atoms with Crippen molar-refractivity contribution in [1.82, 2.24) is 9.97 Å². The minimum Gasteiger partial charge on any atom is -0.377 e. The van der Waals surface area contributed by atoms with Crippen molar-refractivity contribution >= 4 is 29.0 Å². The van der Waals surface area contributed by atoms with E-state index in [4.69, 9.17) is 9.72 Å². The maximum absolute atomic E-state index is 13.7. The van der Waals surface area contributed by atoms with E-state index in [1.807, 2.05) is 32.0 Å². The molecule has 198 valence electrons. The van der Waals surface area contributed by atoms with Crippen LogP contribution in [0.3, 0.4) is 0 Å². The summed E-state index contributed by atoms with van der Waals surface area (Å²) in [6.45, 7) is 6.86. The van der Waals surface area contributed by atoms with E-state index < -0.39 is 17.5 Å². The highest BCUT2D eigenvalue weighted by atomic mass is 19.3. The number of morpholine rings is 1. The van der Waals surface area contributed by atoms with Crippen LogP contribution >= 0.6 is 0 Å². The van der Waals surface area contributed by atoms with Crippen LogP contribution in [-0.2, 0) is 15.5 Å². The van der Waals surface area contributed by atoms with Crippen LogP contribution in [0, 0.1) is 6.92 Å². The normalized spacial score (nSPS) is 17.5. The molecule has 4 heterocycles. The number of carbonyl (C=O) groups excluding carboxylic acids is 2. The maximum Gasteiger partial charge on any atom is 0.286 e. The number of nitrogens with one attached hydrogen (secondary N) is 1. The van der Waals surface area contributed by atoms with Crippen LogP contribution in [0.5, 0.6) is 0 Å². The van der Waals surface area contributed by atoms with Crippen LogP contribution in [0.4, 0.5) is 26.0 Å². The zero-order valence-electron chi connectivity index (χ0n) is 21.5. The highest BCUT2D eigenvalue weighted by Crippen LogP contribution is 2.38. The lowest BCUT2D eigenvalue weighted by Crippen LogP contribution is -2.46. The number of fused-ring (bicyclic) bond motifs is 3. The second-order valence-electron chi connectivity index (χ2n) is 9.63. The Morgan fingerprint density at radius 3 is 2.79 bits per heavy atom. The summed E-state index contributed by atoms with van der Waals surface area (Å²) >= 11 is 0. The number of halogens is 2. The van der Waals surface area contributed by atoms with E-state index >= 15 is 0 Å². The second-order valence-corrected chi connectivity index (χ2v) is 9.63. The standard InChI is InChI=1S/C28H29F2N5O3/c1-4-34-25(36)14-21-16-38-10-9-35(21)23-11-19(15-32-26(23)34)22-13-20(6-5-17(22)2)33-27(37)18-7-8-31-24(12-18)28(3,29)30/h5-8,11-13,15,21H,4,9-10,14,16H2,1-3H3,(H,33,37). The molecule has 0 saturated carbocycles. The van der Waals surface area contributed by atoms with Gasteiger partial charge >= 0.3 is 0 Å². The third-order valence-electron chi connectivity index (χ3n) is 6.95. The van der Waals surface area contributed by atoms with Crippen LogP contribution in [0.1, 0.15) is 41.9 Å². The second kappa shape index (κ2) is 10.1. The van der Waals surface area contributed by atoms with Crippen molar-refractivity contribution < 1.29 is 23.1 Å². The number of pyridine rings is 2. The molecule has 0 radical (unpaired) electrons. The zero-order valence-corrected chi connectivity index (χ0v) is 21.5. The van der Waals surface area contributed by atoms with Crippen LogP contribution < -0.4 is 15.1 Å². The van der Waals surface area contributed by atoms with Gasteiger partial charge < -0.3 is 15.0 Å². The Morgan fingerprint density at radius 1 is 1.21 bits per heavy atom. The number of hydrogen-bond donors (Lipinski definition) is 1. The molecule has 2 amide bonds. The number of rotatable bonds is 5. The fourth-order valence-electron chi connectivity index (χ4n) is 4.94. The maximum atomic E-state index is 13.7. The minimum absolute atomic E-state index is 0.0213. The summed E-state index contributed by atoms with van der Waals surface area (Å²) in [4.78, 5) is 38.1. The Balaban J connectivity index is 1.48. The predicted molar refractivity (Wildman–Crippen MR) is 141 cm³/mol. The topological polar surface area (TPSA) is 87.7 Å². The van der Waals surface area contributed by atoms with Gasteiger partial charge in [-0.3, -0.25) is 19.5 Å². The van der Waals surface area contributed by atoms with Gasteiger partial charge in [-0.05, 0) is 55.3 Å². The molecule has 1 aromatic carbocycles. The van der Waals surface area contributed by atoms with Gasteiger partial charge in [-0.25, -0.2) is 4.98 Å². The summed E-state index contributed by atoms with van der Waals surface area (Å²) in [6, 6.07) is 9.96. The SMILES string of the molecule is CCN1C(=O)CC2COCCN2c2cc(-c3cc(NC(=O)c4ccnc(C(C)(F)F)c4)ccc3C)cnc21. The van der Waals surface area contributed by atoms with E-state index in [2.05, 4.69) is 15.2 Å². The Bertz CT molecular complexity index is 1390. The Hall–Kier alpha value is -3.92. The molecule has 5 rings (SSSR count). The molecule has 3 aromatic rings. The van der Waals surface area contributed by atoms with E-state index in [1.54, 1.807) is 17.2 Å². The number of nitrogens with zero attached hydrogens (tertiary/aromatic N) is 4. The highest BCUT2D eigenvalue weighted by Gasteiger charge is 2.35. The summed E-state index contributed by atoms with van der Waals surface area (Å²) in [6.07, 6.45) is 3.30. The van der Waals surface area contributed by atoms with Crippen molar-refractivity contribution in [3.8, 4) is 11.1 Å². The average Bonchev–Trinajstić information content (AvgIpc) is 3.02. The lowest BCUT2D eigenvalue weighted by molar-refractivity contribution is -0.119. The Kier molecular flexibility index (Phi) is 6.83. The first-order valence-corrected chi connectivity index (χ1v) is 12.6. The first-order valence-electron chi connectivity index (χ1n) is 12.6. The van der Waals surface area contributed by atoms with Gasteiger partial charge in [0.1, 0.15) is 5.69 Å².